The molecule has 4 aromatic carbocycles. The Morgan fingerprint density at radius 3 is 0.826 bits per heavy atom. The van der Waals surface area contributed by atoms with Crippen LogP contribution in [0.4, 0.5) is 22.7 Å². The smallest absolute Gasteiger partial charge is 0.345 e. The van der Waals surface area contributed by atoms with Gasteiger partial charge in [-0.2, -0.15) is 0 Å². The Bertz CT molecular complexity index is 4200. The number of carbonyl (C=O) groups excluding carboxylic acids is 4. The zero-order valence-corrected chi connectivity index (χ0v) is 73.6. The standard InChI is InChI=1S/C24H31NO5S.2C24H31NO4S.C23H29NO5S/c1-2-3-4-5-6-21(26)17-7-9-18(10-8-17)25-19(11-14-23(25)27)15-30-16-20-12-13-22(31-20)24(28)29;2*1-2-3-4-8-21(26)17-9-11-19(12-10-17)25-18(13-16-23(25)27)6-5-7-20-14-15-22(30-20)24(28)29;1-2-3-4-5-20(25)16-6-8-17(9-7-16)24-18(10-13-22(24)26)14-29-15-19-11-12-21(30-19)23(27)28/h7-10,12-13,19,21,26H,2-6,11,14-16H2,1H3,(H,28,29);2*9-12,14-15,18,21,26H,2-8,13,16H2,1H3,(H,28,29);6-9,11-12,18,20,25H,2-5,10,13-15H2,1H3,(H,27,28)/t19-,21?;2*18-,21?;18-,20?/m0110/s1. The lowest BCUT2D eigenvalue weighted by atomic mass is 10.0. The van der Waals surface area contributed by atoms with E-state index in [4.69, 9.17) is 29.9 Å². The first-order chi connectivity index (χ1) is 58.5. The number of rotatable bonds is 45. The molecule has 22 nitrogen and oxygen atoms in total. The highest BCUT2D eigenvalue weighted by atomic mass is 32.1. The first-order valence-electron chi connectivity index (χ1n) is 43.3. The summed E-state index contributed by atoms with van der Waals surface area (Å²) in [5.41, 5.74) is 7.01. The molecule has 0 aliphatic carbocycles. The van der Waals surface area contributed by atoms with E-state index in [1.807, 2.05) is 119 Å². The number of ether oxygens (including phenoxy) is 2. The summed E-state index contributed by atoms with van der Waals surface area (Å²) in [5.74, 6) is -3.16. The average molecular weight is 1740 g/mol. The molecule has 8 N–H and O–H groups in total. The molecule has 4 saturated heterocycles. The van der Waals surface area contributed by atoms with Crippen molar-refractivity contribution < 1.29 is 88.7 Å². The van der Waals surface area contributed by atoms with E-state index in [9.17, 15) is 58.8 Å². The molecule has 121 heavy (non-hydrogen) atoms. The van der Waals surface area contributed by atoms with Crippen molar-refractivity contribution in [3.63, 3.8) is 0 Å². The van der Waals surface area contributed by atoms with Crippen molar-refractivity contribution in [2.75, 3.05) is 32.8 Å². The maximum atomic E-state index is 12.5. The highest BCUT2D eigenvalue weighted by Crippen LogP contribution is 2.37. The number of aryl methyl sites for hydroxylation is 2. The molecule has 8 heterocycles. The quantitative estimate of drug-likeness (QED) is 0.0164. The predicted octanol–water partition coefficient (Wildman–Crippen LogP) is 21.1. The van der Waals surface area contributed by atoms with Crippen molar-refractivity contribution in [2.24, 2.45) is 0 Å². The molecule has 4 fully saturated rings. The highest BCUT2D eigenvalue weighted by molar-refractivity contribution is 7.14. The topological polar surface area (TPSA) is 330 Å². The van der Waals surface area contributed by atoms with E-state index in [0.717, 1.165) is 225 Å². The molecule has 4 aliphatic heterocycles. The van der Waals surface area contributed by atoms with Crippen LogP contribution in [-0.2, 0) is 54.7 Å². The fourth-order valence-corrected chi connectivity index (χ4v) is 19.2. The third kappa shape index (κ3) is 29.4. The molecule has 4 aliphatic rings. The van der Waals surface area contributed by atoms with E-state index < -0.39 is 48.3 Å². The Morgan fingerprint density at radius 1 is 0.322 bits per heavy atom. The third-order valence-corrected chi connectivity index (χ3v) is 27.0. The summed E-state index contributed by atoms with van der Waals surface area (Å²) < 4.78 is 11.6. The lowest BCUT2D eigenvalue weighted by Crippen LogP contribution is -2.36. The molecule has 0 spiro atoms. The van der Waals surface area contributed by atoms with Crippen LogP contribution < -0.4 is 19.6 Å². The second-order valence-corrected chi connectivity index (χ2v) is 36.4. The van der Waals surface area contributed by atoms with Gasteiger partial charge in [0.15, 0.2) is 0 Å². The van der Waals surface area contributed by atoms with E-state index in [1.54, 1.807) is 46.2 Å². The number of aromatic carboxylic acids is 4. The maximum absolute atomic E-state index is 12.5. The average Bonchev–Trinajstić information content (AvgIpc) is 1.62. The van der Waals surface area contributed by atoms with Gasteiger partial charge in [0.1, 0.15) is 19.5 Å². The Labute approximate surface area is 727 Å². The Balaban J connectivity index is 0.000000183. The minimum absolute atomic E-state index is 0.0447. The number of amides is 4. The Morgan fingerprint density at radius 2 is 0.562 bits per heavy atom. The van der Waals surface area contributed by atoms with Crippen LogP contribution in [0.3, 0.4) is 0 Å². The molecule has 4 unspecified atom stereocenters. The minimum Gasteiger partial charge on any atom is -0.477 e. The highest BCUT2D eigenvalue weighted by Gasteiger charge is 2.36. The number of aliphatic hydroxyl groups excluding tert-OH is 4. The van der Waals surface area contributed by atoms with Gasteiger partial charge in [0.25, 0.3) is 0 Å². The van der Waals surface area contributed by atoms with E-state index in [2.05, 4.69) is 27.7 Å². The van der Waals surface area contributed by atoms with Gasteiger partial charge in [-0.1, -0.05) is 160 Å². The number of hydrogen-bond acceptors (Lipinski definition) is 18. The zero-order chi connectivity index (χ0) is 86.7. The van der Waals surface area contributed by atoms with Gasteiger partial charge < -0.3 is 69.9 Å². The van der Waals surface area contributed by atoms with Gasteiger partial charge in [-0.05, 0) is 209 Å². The van der Waals surface area contributed by atoms with Crippen LogP contribution in [-0.4, -0.2) is 126 Å². The summed E-state index contributed by atoms with van der Waals surface area (Å²) in [6.45, 7) is 10.1. The molecular weight excluding hydrogens is 1610 g/mol. The first-order valence-corrected chi connectivity index (χ1v) is 46.6. The number of unbranched alkanes of at least 4 members (excludes halogenated alkanes) is 9. The van der Waals surface area contributed by atoms with E-state index in [-0.39, 0.29) is 47.8 Å². The van der Waals surface area contributed by atoms with Gasteiger partial charge in [-0.15, -0.1) is 45.3 Å². The Kier molecular flexibility index (Phi) is 39.7. The largest absolute Gasteiger partial charge is 0.477 e. The Hall–Kier alpha value is -8.80. The fraction of sp³-hybridized carbons (Fsp3) is 0.495. The number of thiophene rings is 4. The molecule has 0 saturated carbocycles. The number of carboxylic acid groups (broad SMARTS) is 4. The SMILES string of the molecule is CCCCCC(O)c1ccc(N2C(=O)CC[C@H]2CCCc2ccc(C(=O)O)s2)cc1.CCCCCC(O)c1ccc(N2C(=O)CC[C@H]2CCCc2ccc(C(=O)O)s2)cc1.CCCCCC(O)c1ccc(N2C(=O)CC[C@H]2COCc2ccc(C(=O)O)s2)cc1.CCCCCCC(O)c1ccc(N2C(=O)CC[C@H]2COCc2ccc(C(=O)O)s2)cc1. The van der Waals surface area contributed by atoms with Crippen molar-refractivity contribution in [3.05, 3.63) is 207 Å². The monoisotopic (exact) mass is 1730 g/mol. The second-order valence-electron chi connectivity index (χ2n) is 31.7. The van der Waals surface area contributed by atoms with Gasteiger partial charge in [-0.3, -0.25) is 19.2 Å². The van der Waals surface area contributed by atoms with Crippen LogP contribution in [0.1, 0.15) is 319 Å². The van der Waals surface area contributed by atoms with Gasteiger partial charge in [0, 0.05) is 80.0 Å². The van der Waals surface area contributed by atoms with E-state index in [1.165, 1.54) is 58.2 Å². The van der Waals surface area contributed by atoms with Crippen LogP contribution in [0, 0.1) is 0 Å². The number of nitrogens with zero attached hydrogens (tertiary/aromatic N) is 4. The lowest BCUT2D eigenvalue weighted by molar-refractivity contribution is -0.118. The molecule has 8 atom stereocenters. The number of benzene rings is 4. The number of carbonyl (C=O) groups is 8. The summed E-state index contributed by atoms with van der Waals surface area (Å²) in [7, 11) is 0. The summed E-state index contributed by atoms with van der Waals surface area (Å²) >= 11 is 5.07. The van der Waals surface area contributed by atoms with Crippen LogP contribution in [0.5, 0.6) is 0 Å². The van der Waals surface area contributed by atoms with Crippen molar-refractivity contribution in [3.8, 4) is 0 Å². The second kappa shape index (κ2) is 50.1. The van der Waals surface area contributed by atoms with Gasteiger partial charge in [0.2, 0.25) is 23.6 Å². The van der Waals surface area contributed by atoms with Crippen molar-refractivity contribution in [1.29, 1.82) is 0 Å². The van der Waals surface area contributed by atoms with Gasteiger partial charge in [0.05, 0.1) is 62.9 Å². The molecule has 4 aromatic heterocycles. The summed E-state index contributed by atoms with van der Waals surface area (Å²) in [6, 6.07) is 44.8. The fourth-order valence-electron chi connectivity index (χ4n) is 15.9. The first kappa shape index (κ1) is 96.0. The number of anilines is 4. The normalized spacial score (nSPS) is 17.4. The van der Waals surface area contributed by atoms with Gasteiger partial charge in [-0.25, -0.2) is 19.2 Å². The van der Waals surface area contributed by atoms with Crippen LogP contribution >= 0.6 is 45.3 Å². The van der Waals surface area contributed by atoms with Gasteiger partial charge >= 0.3 is 23.9 Å². The molecule has 0 bridgehead atoms. The van der Waals surface area contributed by atoms with Crippen molar-refractivity contribution >= 4 is 116 Å². The summed E-state index contributed by atoms with van der Waals surface area (Å²) in [4.78, 5) is 106. The minimum atomic E-state index is -0.933. The zero-order valence-electron chi connectivity index (χ0n) is 70.3. The van der Waals surface area contributed by atoms with Crippen LogP contribution in [0.25, 0.3) is 0 Å². The van der Waals surface area contributed by atoms with Crippen molar-refractivity contribution in [1.82, 2.24) is 0 Å². The van der Waals surface area contributed by atoms with E-state index >= 15 is 0 Å². The molecule has 12 rings (SSSR count). The maximum Gasteiger partial charge on any atom is 0.345 e. The van der Waals surface area contributed by atoms with Crippen LogP contribution in [0.2, 0.25) is 0 Å². The molecule has 0 radical (unpaired) electrons. The number of aliphatic hydroxyl groups is 4. The van der Waals surface area contributed by atoms with Crippen molar-refractivity contribution in [2.45, 2.75) is 289 Å². The number of hydrogen-bond donors (Lipinski definition) is 8. The third-order valence-electron chi connectivity index (χ3n) is 22.6. The lowest BCUT2D eigenvalue weighted by Gasteiger charge is -2.25. The predicted molar refractivity (Wildman–Crippen MR) is 479 cm³/mol. The molecule has 8 aromatic rings. The molecule has 4 amide bonds. The molecule has 26 heteroatoms. The summed E-state index contributed by atoms with van der Waals surface area (Å²) in [5, 5.41) is 77.5. The number of carboxylic acids is 4. The molecule has 654 valence electrons. The van der Waals surface area contributed by atoms with E-state index in [0.29, 0.717) is 71.6 Å². The molecular formula is C95H122N4O18S4. The van der Waals surface area contributed by atoms with Crippen LogP contribution in [0.15, 0.2) is 146 Å². The summed E-state index contributed by atoms with van der Waals surface area (Å²) in [6.07, 6.45) is 26.1.